The quantitative estimate of drug-likeness (QED) is 0.728. The highest BCUT2D eigenvalue weighted by atomic mass is 16.2. The first-order valence-corrected chi connectivity index (χ1v) is 7.95. The van der Waals surface area contributed by atoms with E-state index >= 15 is 0 Å². The van der Waals surface area contributed by atoms with Gasteiger partial charge in [-0.05, 0) is 37.0 Å². The Morgan fingerprint density at radius 1 is 1.17 bits per heavy atom. The van der Waals surface area contributed by atoms with E-state index in [-0.39, 0.29) is 5.91 Å². The lowest BCUT2D eigenvalue weighted by Gasteiger charge is -2.22. The molecule has 5 nitrogen and oxygen atoms in total. The van der Waals surface area contributed by atoms with Gasteiger partial charge in [-0.15, -0.1) is 10.2 Å². The third-order valence-electron chi connectivity index (χ3n) is 4.27. The van der Waals surface area contributed by atoms with Crippen LogP contribution in [0.3, 0.4) is 0 Å². The molecule has 5 heteroatoms. The summed E-state index contributed by atoms with van der Waals surface area (Å²) in [6.45, 7) is 0.758. The van der Waals surface area contributed by atoms with Crippen LogP contribution in [0.15, 0.2) is 55.0 Å². The highest BCUT2D eigenvalue weighted by Crippen LogP contribution is 2.28. The molecule has 0 bridgehead atoms. The number of hydrogen-bond acceptors (Lipinski definition) is 3. The summed E-state index contributed by atoms with van der Waals surface area (Å²) in [6.07, 6.45) is 6.54. The van der Waals surface area contributed by atoms with E-state index in [1.807, 2.05) is 41.4 Å². The fourth-order valence-electron chi connectivity index (χ4n) is 2.85. The van der Waals surface area contributed by atoms with E-state index in [4.69, 9.17) is 0 Å². The Morgan fingerprint density at radius 3 is 2.78 bits per heavy atom. The minimum atomic E-state index is 0.0963. The van der Waals surface area contributed by atoms with E-state index in [1.54, 1.807) is 10.7 Å². The molecule has 1 aromatic carbocycles. The number of fused-ring (bicyclic) bond motifs is 1. The van der Waals surface area contributed by atoms with Crippen LogP contribution >= 0.6 is 0 Å². The number of amides is 1. The van der Waals surface area contributed by atoms with Crippen LogP contribution in [0.25, 0.3) is 5.65 Å². The van der Waals surface area contributed by atoms with Crippen LogP contribution in [0.4, 0.5) is 0 Å². The van der Waals surface area contributed by atoms with Crippen LogP contribution in [0, 0.1) is 0 Å². The molecule has 1 saturated carbocycles. The van der Waals surface area contributed by atoms with E-state index < -0.39 is 0 Å². The molecule has 23 heavy (non-hydrogen) atoms. The zero-order chi connectivity index (χ0) is 15.6. The molecule has 0 spiro atoms. The molecule has 1 fully saturated rings. The highest BCUT2D eigenvalue weighted by molar-refractivity contribution is 5.94. The van der Waals surface area contributed by atoms with Crippen molar-refractivity contribution in [1.82, 2.24) is 19.5 Å². The number of pyridine rings is 1. The summed E-state index contributed by atoms with van der Waals surface area (Å²) in [6, 6.07) is 14.4. The average molecular weight is 306 g/mol. The summed E-state index contributed by atoms with van der Waals surface area (Å²) < 4.78 is 1.79. The summed E-state index contributed by atoms with van der Waals surface area (Å²) in [5.74, 6) is 0.0963. The van der Waals surface area contributed by atoms with Gasteiger partial charge in [0.2, 0.25) is 0 Å². The molecule has 0 aliphatic heterocycles. The number of nitrogens with zero attached hydrogens (tertiary/aromatic N) is 4. The zero-order valence-corrected chi connectivity index (χ0v) is 12.8. The van der Waals surface area contributed by atoms with Crippen molar-refractivity contribution in [2.45, 2.75) is 25.3 Å². The van der Waals surface area contributed by atoms with Gasteiger partial charge in [-0.2, -0.15) is 0 Å². The third-order valence-corrected chi connectivity index (χ3v) is 4.27. The van der Waals surface area contributed by atoms with Gasteiger partial charge < -0.3 is 4.90 Å². The Kier molecular flexibility index (Phi) is 3.54. The van der Waals surface area contributed by atoms with Crippen molar-refractivity contribution in [2.75, 3.05) is 6.54 Å². The molecular weight excluding hydrogens is 288 g/mol. The molecule has 0 radical (unpaired) electrons. The Bertz CT molecular complexity index is 823. The standard InChI is InChI=1S/C18H18N4O/c23-18(15-6-9-17-20-19-13-21(17)12-15)22(16-7-8-16)11-10-14-4-2-1-3-5-14/h1-6,9,12-13,16H,7-8,10-11H2. The number of carbonyl (C=O) groups is 1. The zero-order valence-electron chi connectivity index (χ0n) is 12.8. The number of rotatable bonds is 5. The summed E-state index contributed by atoms with van der Waals surface area (Å²) in [7, 11) is 0. The van der Waals surface area contributed by atoms with Gasteiger partial charge in [0.15, 0.2) is 5.65 Å². The second-order valence-electron chi connectivity index (χ2n) is 5.98. The van der Waals surface area contributed by atoms with Gasteiger partial charge in [0.25, 0.3) is 5.91 Å². The van der Waals surface area contributed by atoms with E-state index in [1.165, 1.54) is 5.56 Å². The maximum Gasteiger partial charge on any atom is 0.255 e. The third kappa shape index (κ3) is 2.95. The lowest BCUT2D eigenvalue weighted by Crippen LogP contribution is -2.35. The molecule has 1 aliphatic rings. The van der Waals surface area contributed by atoms with E-state index in [9.17, 15) is 4.79 Å². The molecule has 0 N–H and O–H groups in total. The molecule has 0 atom stereocenters. The predicted octanol–water partition coefficient (Wildman–Crippen LogP) is 2.58. The van der Waals surface area contributed by atoms with Crippen LogP contribution in [-0.2, 0) is 6.42 Å². The van der Waals surface area contributed by atoms with Crippen molar-refractivity contribution in [3.8, 4) is 0 Å². The van der Waals surface area contributed by atoms with Gasteiger partial charge in [0.05, 0.1) is 5.56 Å². The van der Waals surface area contributed by atoms with Crippen molar-refractivity contribution >= 4 is 11.6 Å². The molecule has 1 amide bonds. The monoisotopic (exact) mass is 306 g/mol. The SMILES string of the molecule is O=C(c1ccc2nncn2c1)N(CCc1ccccc1)C1CC1. The Morgan fingerprint density at radius 2 is 2.00 bits per heavy atom. The minimum Gasteiger partial charge on any atom is -0.335 e. The number of carbonyl (C=O) groups excluding carboxylic acids is 1. The van der Waals surface area contributed by atoms with Crippen LogP contribution in [-0.4, -0.2) is 38.0 Å². The first-order valence-electron chi connectivity index (χ1n) is 7.95. The number of hydrogen-bond donors (Lipinski definition) is 0. The largest absolute Gasteiger partial charge is 0.335 e. The second-order valence-corrected chi connectivity index (χ2v) is 5.98. The lowest BCUT2D eigenvalue weighted by atomic mass is 10.1. The molecule has 1 aliphatic carbocycles. The maximum atomic E-state index is 12.9. The minimum absolute atomic E-state index is 0.0963. The summed E-state index contributed by atoms with van der Waals surface area (Å²) in [4.78, 5) is 14.9. The van der Waals surface area contributed by atoms with Crippen molar-refractivity contribution in [1.29, 1.82) is 0 Å². The Hall–Kier alpha value is -2.69. The van der Waals surface area contributed by atoms with Gasteiger partial charge in [0, 0.05) is 18.8 Å². The number of aromatic nitrogens is 3. The normalized spacial score (nSPS) is 14.1. The fourth-order valence-corrected chi connectivity index (χ4v) is 2.85. The highest BCUT2D eigenvalue weighted by Gasteiger charge is 2.32. The lowest BCUT2D eigenvalue weighted by molar-refractivity contribution is 0.0744. The van der Waals surface area contributed by atoms with Crippen molar-refractivity contribution in [2.24, 2.45) is 0 Å². The van der Waals surface area contributed by atoms with Gasteiger partial charge in [-0.3, -0.25) is 9.20 Å². The molecule has 0 unspecified atom stereocenters. The molecule has 2 heterocycles. The van der Waals surface area contributed by atoms with Crippen molar-refractivity contribution < 1.29 is 4.79 Å². The van der Waals surface area contributed by atoms with Gasteiger partial charge in [-0.25, -0.2) is 0 Å². The van der Waals surface area contributed by atoms with E-state index in [2.05, 4.69) is 22.3 Å². The first kappa shape index (κ1) is 13.9. The van der Waals surface area contributed by atoms with Crippen LogP contribution in [0.1, 0.15) is 28.8 Å². The van der Waals surface area contributed by atoms with Crippen LogP contribution < -0.4 is 0 Å². The van der Waals surface area contributed by atoms with Crippen LogP contribution in [0.2, 0.25) is 0 Å². The summed E-state index contributed by atoms with van der Waals surface area (Å²) in [5.41, 5.74) is 2.71. The Labute approximate surface area is 134 Å². The van der Waals surface area contributed by atoms with Crippen molar-refractivity contribution in [3.63, 3.8) is 0 Å². The molecule has 2 aromatic heterocycles. The Balaban J connectivity index is 1.53. The molecule has 4 rings (SSSR count). The summed E-state index contributed by atoms with van der Waals surface area (Å²) >= 11 is 0. The second kappa shape index (κ2) is 5.83. The maximum absolute atomic E-state index is 12.9. The first-order chi connectivity index (χ1) is 11.3. The molecule has 116 valence electrons. The van der Waals surface area contributed by atoms with Crippen LogP contribution in [0.5, 0.6) is 0 Å². The van der Waals surface area contributed by atoms with Gasteiger partial charge in [0.1, 0.15) is 6.33 Å². The number of benzene rings is 1. The summed E-state index contributed by atoms with van der Waals surface area (Å²) in [5, 5.41) is 7.83. The molecule has 3 aromatic rings. The van der Waals surface area contributed by atoms with Gasteiger partial charge >= 0.3 is 0 Å². The van der Waals surface area contributed by atoms with Crippen molar-refractivity contribution in [3.05, 3.63) is 66.1 Å². The smallest absolute Gasteiger partial charge is 0.255 e. The predicted molar refractivity (Wildman–Crippen MR) is 87.2 cm³/mol. The van der Waals surface area contributed by atoms with Gasteiger partial charge in [-0.1, -0.05) is 30.3 Å². The average Bonchev–Trinajstić information content (AvgIpc) is 3.32. The van der Waals surface area contributed by atoms with E-state index in [0.29, 0.717) is 11.6 Å². The van der Waals surface area contributed by atoms with E-state index in [0.717, 1.165) is 31.5 Å². The molecular formula is C18H18N4O. The fraction of sp³-hybridized carbons (Fsp3) is 0.278. The molecule has 0 saturated heterocycles. The topological polar surface area (TPSA) is 50.5 Å².